The predicted molar refractivity (Wildman–Crippen MR) is 56.4 cm³/mol. The van der Waals surface area contributed by atoms with Crippen molar-refractivity contribution in [3.63, 3.8) is 0 Å². The topological polar surface area (TPSA) is 61.8 Å². The lowest BCUT2D eigenvalue weighted by molar-refractivity contribution is -0.142. The van der Waals surface area contributed by atoms with Gasteiger partial charge in [-0.25, -0.2) is 4.79 Å². The van der Waals surface area contributed by atoms with Gasteiger partial charge in [0.05, 0.1) is 0 Å². The highest BCUT2D eigenvalue weighted by Crippen LogP contribution is 2.09. The van der Waals surface area contributed by atoms with Crippen LogP contribution >= 0.6 is 0 Å². The molecular weight excluding hydrogens is 216 g/mol. The highest BCUT2D eigenvalue weighted by molar-refractivity contribution is 6.67. The van der Waals surface area contributed by atoms with E-state index in [9.17, 15) is 9.59 Å². The van der Waals surface area contributed by atoms with E-state index in [1.165, 1.54) is 14.0 Å². The molecule has 0 spiro atoms. The molecule has 0 saturated heterocycles. The van der Waals surface area contributed by atoms with Gasteiger partial charge in [-0.05, 0) is 6.92 Å². The second-order valence-electron chi connectivity index (χ2n) is 3.48. The maximum atomic E-state index is 11.2. The Morgan fingerprint density at radius 2 is 1.80 bits per heavy atom. The summed E-state index contributed by atoms with van der Waals surface area (Å²) in [6.45, 7) is 8.01. The van der Waals surface area contributed by atoms with Gasteiger partial charge in [0.25, 0.3) is 0 Å². The summed E-state index contributed by atoms with van der Waals surface area (Å²) in [4.78, 5) is 22.3. The quantitative estimate of drug-likeness (QED) is 0.522. The van der Waals surface area contributed by atoms with Crippen LogP contribution in [-0.2, 0) is 23.2 Å². The fourth-order valence-electron chi connectivity index (χ4n) is 0.753. The first-order valence-corrected chi connectivity index (χ1v) is 7.20. The number of carbonyl (C=O) groups is 2. The van der Waals surface area contributed by atoms with E-state index >= 15 is 0 Å². The molecule has 0 aliphatic heterocycles. The van der Waals surface area contributed by atoms with Gasteiger partial charge in [0.1, 0.15) is 6.61 Å². The maximum absolute atomic E-state index is 11.2. The standard InChI is InChI=1S/C9H16O5Si/c1-7(2)9(11)14-15(4,5)13-8(10)6-12-3/h1,6H2,2-5H3. The van der Waals surface area contributed by atoms with Crippen LogP contribution in [0, 0.1) is 0 Å². The molecule has 0 bridgehead atoms. The van der Waals surface area contributed by atoms with Gasteiger partial charge < -0.3 is 13.6 Å². The minimum Gasteiger partial charge on any atom is -0.483 e. The molecule has 0 N–H and O–H groups in total. The van der Waals surface area contributed by atoms with Crippen molar-refractivity contribution in [1.29, 1.82) is 0 Å². The number of hydrogen-bond acceptors (Lipinski definition) is 5. The van der Waals surface area contributed by atoms with Gasteiger partial charge in [-0.3, -0.25) is 4.79 Å². The van der Waals surface area contributed by atoms with Gasteiger partial charge >= 0.3 is 20.5 Å². The average Bonchev–Trinajstić information content (AvgIpc) is 2.01. The first kappa shape index (κ1) is 13.9. The molecule has 0 atom stereocenters. The van der Waals surface area contributed by atoms with Crippen LogP contribution < -0.4 is 0 Å². The molecule has 0 radical (unpaired) electrons. The smallest absolute Gasteiger partial charge is 0.458 e. The summed E-state index contributed by atoms with van der Waals surface area (Å²) in [6.07, 6.45) is 0. The Morgan fingerprint density at radius 3 is 2.20 bits per heavy atom. The van der Waals surface area contributed by atoms with Crippen LogP contribution in [0.15, 0.2) is 12.2 Å². The fraction of sp³-hybridized carbons (Fsp3) is 0.556. The van der Waals surface area contributed by atoms with E-state index in [1.54, 1.807) is 13.1 Å². The van der Waals surface area contributed by atoms with Crippen LogP contribution in [0.2, 0.25) is 13.1 Å². The molecule has 0 aromatic heterocycles. The van der Waals surface area contributed by atoms with E-state index in [4.69, 9.17) is 8.85 Å². The Bertz CT molecular complexity index is 272. The largest absolute Gasteiger partial charge is 0.483 e. The monoisotopic (exact) mass is 232 g/mol. The molecular formula is C9H16O5Si. The van der Waals surface area contributed by atoms with Crippen LogP contribution in [0.25, 0.3) is 0 Å². The minimum atomic E-state index is -2.77. The Labute approximate surface area is 90.3 Å². The Kier molecular flexibility index (Phi) is 5.24. The number of methoxy groups -OCH3 is 1. The lowest BCUT2D eigenvalue weighted by Crippen LogP contribution is -2.40. The van der Waals surface area contributed by atoms with Crippen molar-refractivity contribution in [3.05, 3.63) is 12.2 Å². The Hall–Kier alpha value is -1.14. The molecule has 0 aromatic rings. The van der Waals surface area contributed by atoms with Gasteiger partial charge in [0, 0.05) is 25.8 Å². The Morgan fingerprint density at radius 1 is 1.27 bits per heavy atom. The van der Waals surface area contributed by atoms with E-state index < -0.39 is 20.5 Å². The maximum Gasteiger partial charge on any atom is 0.458 e. The molecule has 0 fully saturated rings. The van der Waals surface area contributed by atoms with Crippen LogP contribution in [0.1, 0.15) is 6.92 Å². The first-order chi connectivity index (χ1) is 6.78. The molecule has 0 unspecified atom stereocenters. The van der Waals surface area contributed by atoms with Crippen LogP contribution in [-0.4, -0.2) is 34.2 Å². The predicted octanol–water partition coefficient (Wildman–Crippen LogP) is 0.997. The highest BCUT2D eigenvalue weighted by atomic mass is 28.4. The highest BCUT2D eigenvalue weighted by Gasteiger charge is 2.33. The van der Waals surface area contributed by atoms with Crippen molar-refractivity contribution in [1.82, 2.24) is 0 Å². The summed E-state index contributed by atoms with van der Waals surface area (Å²) >= 11 is 0. The van der Waals surface area contributed by atoms with Crippen molar-refractivity contribution in [2.75, 3.05) is 13.7 Å². The average molecular weight is 232 g/mol. The third-order valence-electron chi connectivity index (χ3n) is 1.31. The molecule has 0 aliphatic rings. The summed E-state index contributed by atoms with van der Waals surface area (Å²) in [5, 5.41) is 0. The van der Waals surface area contributed by atoms with Crippen LogP contribution in [0.3, 0.4) is 0 Å². The second kappa shape index (κ2) is 5.67. The lowest BCUT2D eigenvalue weighted by atomic mass is 10.4. The van der Waals surface area contributed by atoms with Crippen molar-refractivity contribution in [2.24, 2.45) is 0 Å². The number of carbonyl (C=O) groups excluding carboxylic acids is 2. The lowest BCUT2D eigenvalue weighted by Gasteiger charge is -2.21. The third-order valence-corrected chi connectivity index (χ3v) is 2.70. The summed E-state index contributed by atoms with van der Waals surface area (Å²) in [5.41, 5.74) is 0.276. The fourth-order valence-corrected chi connectivity index (χ4v) is 2.02. The summed E-state index contributed by atoms with van der Waals surface area (Å²) in [7, 11) is -1.38. The normalized spacial score (nSPS) is 10.7. The first-order valence-electron chi connectivity index (χ1n) is 4.38. The molecule has 5 nitrogen and oxygen atoms in total. The number of rotatable bonds is 5. The van der Waals surface area contributed by atoms with Gasteiger partial charge in [-0.1, -0.05) is 6.58 Å². The molecule has 0 heterocycles. The second-order valence-corrected chi connectivity index (χ2v) is 6.68. The van der Waals surface area contributed by atoms with Gasteiger partial charge in [-0.2, -0.15) is 0 Å². The molecule has 0 aliphatic carbocycles. The van der Waals surface area contributed by atoms with Gasteiger partial charge in [0.15, 0.2) is 0 Å². The van der Waals surface area contributed by atoms with Crippen molar-refractivity contribution >= 4 is 20.5 Å². The molecule has 86 valence electrons. The zero-order chi connectivity index (χ0) is 12.1. The van der Waals surface area contributed by atoms with Crippen molar-refractivity contribution in [2.45, 2.75) is 20.0 Å². The van der Waals surface area contributed by atoms with Crippen molar-refractivity contribution in [3.8, 4) is 0 Å². The molecule has 6 heteroatoms. The van der Waals surface area contributed by atoms with Gasteiger partial charge in [0.2, 0.25) is 0 Å². The number of ether oxygens (including phenoxy) is 1. The molecule has 15 heavy (non-hydrogen) atoms. The molecule has 0 amide bonds. The van der Waals surface area contributed by atoms with Gasteiger partial charge in [-0.15, -0.1) is 0 Å². The van der Waals surface area contributed by atoms with Crippen LogP contribution in [0.5, 0.6) is 0 Å². The summed E-state index contributed by atoms with van der Waals surface area (Å²) in [5.74, 6) is -1.08. The zero-order valence-electron chi connectivity index (χ0n) is 9.46. The van der Waals surface area contributed by atoms with Crippen LogP contribution in [0.4, 0.5) is 0 Å². The summed E-state index contributed by atoms with van der Waals surface area (Å²) < 4.78 is 14.6. The van der Waals surface area contributed by atoms with E-state index in [2.05, 4.69) is 11.3 Å². The minimum absolute atomic E-state index is 0.152. The molecule has 0 aromatic carbocycles. The SMILES string of the molecule is C=C(C)C(=O)O[Si](C)(C)OC(=O)COC. The van der Waals surface area contributed by atoms with E-state index in [1.807, 2.05) is 0 Å². The van der Waals surface area contributed by atoms with E-state index in [0.717, 1.165) is 0 Å². The summed E-state index contributed by atoms with van der Waals surface area (Å²) in [6, 6.07) is 0. The number of hydrogen-bond donors (Lipinski definition) is 0. The third kappa shape index (κ3) is 6.03. The van der Waals surface area contributed by atoms with E-state index in [-0.39, 0.29) is 12.2 Å². The Balaban J connectivity index is 4.24. The zero-order valence-corrected chi connectivity index (χ0v) is 10.5. The molecule has 0 rings (SSSR count). The van der Waals surface area contributed by atoms with Crippen molar-refractivity contribution < 1.29 is 23.2 Å². The molecule has 0 saturated carbocycles. The van der Waals surface area contributed by atoms with E-state index in [0.29, 0.717) is 0 Å².